The second kappa shape index (κ2) is 8.11. The molecule has 3 N–H and O–H groups in total. The van der Waals surface area contributed by atoms with Crippen molar-refractivity contribution in [2.24, 2.45) is 0 Å². The summed E-state index contributed by atoms with van der Waals surface area (Å²) in [7, 11) is 0. The highest BCUT2D eigenvalue weighted by Crippen LogP contribution is 2.19. The van der Waals surface area contributed by atoms with Crippen LogP contribution in [0.3, 0.4) is 0 Å². The number of urea groups is 1. The lowest BCUT2D eigenvalue weighted by atomic mass is 10.2. The first kappa shape index (κ1) is 16.8. The van der Waals surface area contributed by atoms with Crippen molar-refractivity contribution in [3.8, 4) is 0 Å². The summed E-state index contributed by atoms with van der Waals surface area (Å²) < 4.78 is 14.1. The molecule has 0 heterocycles. The first-order valence-electron chi connectivity index (χ1n) is 5.68. The zero-order valence-corrected chi connectivity index (χ0v) is 13.1. The van der Waals surface area contributed by atoms with Crippen molar-refractivity contribution in [1.82, 2.24) is 5.32 Å². The average Bonchev–Trinajstić information content (AvgIpc) is 2.37. The Balaban J connectivity index is 2.63. The average molecular weight is 365 g/mol. The Kier molecular flexibility index (Phi) is 6.80. The summed E-state index contributed by atoms with van der Waals surface area (Å²) in [6.45, 7) is 0. The minimum Gasteiger partial charge on any atom is -0.480 e. The van der Waals surface area contributed by atoms with Gasteiger partial charge in [0, 0.05) is 4.47 Å². The van der Waals surface area contributed by atoms with E-state index in [9.17, 15) is 14.0 Å². The maximum Gasteiger partial charge on any atom is 0.326 e. The van der Waals surface area contributed by atoms with Crippen LogP contribution in [-0.4, -0.2) is 35.2 Å². The molecule has 0 unspecified atom stereocenters. The number of nitrogens with one attached hydrogen (secondary N) is 2. The fraction of sp³-hybridized carbons (Fsp3) is 0.333. The summed E-state index contributed by atoms with van der Waals surface area (Å²) in [6, 6.07) is 2.41. The molecule has 0 aliphatic carbocycles. The number of rotatable bonds is 6. The molecule has 1 rings (SSSR count). The summed E-state index contributed by atoms with van der Waals surface area (Å²) in [6.07, 6.45) is 2.14. The van der Waals surface area contributed by atoms with E-state index in [4.69, 9.17) is 5.11 Å². The van der Waals surface area contributed by atoms with Crippen LogP contribution in [0.1, 0.15) is 6.42 Å². The van der Waals surface area contributed by atoms with Crippen LogP contribution in [0, 0.1) is 5.82 Å². The monoisotopic (exact) mass is 364 g/mol. The van der Waals surface area contributed by atoms with Crippen LogP contribution < -0.4 is 10.6 Å². The van der Waals surface area contributed by atoms with Crippen molar-refractivity contribution in [2.45, 2.75) is 12.5 Å². The van der Waals surface area contributed by atoms with Gasteiger partial charge >= 0.3 is 12.0 Å². The molecule has 0 saturated heterocycles. The van der Waals surface area contributed by atoms with Crippen molar-refractivity contribution < 1.29 is 19.1 Å². The van der Waals surface area contributed by atoms with Gasteiger partial charge < -0.3 is 15.7 Å². The molecule has 0 bridgehead atoms. The van der Waals surface area contributed by atoms with Crippen molar-refractivity contribution in [3.05, 3.63) is 28.5 Å². The molecule has 2 amide bonds. The van der Waals surface area contributed by atoms with E-state index < -0.39 is 23.9 Å². The fourth-order valence-electron chi connectivity index (χ4n) is 1.40. The Hall–Kier alpha value is -1.28. The van der Waals surface area contributed by atoms with Crippen molar-refractivity contribution in [1.29, 1.82) is 0 Å². The van der Waals surface area contributed by atoms with Gasteiger partial charge in [0.25, 0.3) is 0 Å². The van der Waals surface area contributed by atoms with E-state index in [-0.39, 0.29) is 5.69 Å². The number of anilines is 1. The zero-order valence-electron chi connectivity index (χ0n) is 10.7. The standard InChI is InChI=1S/C12H14BrFN2O3S/c1-20-5-4-10(11(17)18)16-12(19)15-9-3-2-7(13)6-8(9)14/h2-3,6,10H,4-5H2,1H3,(H,17,18)(H2,15,16,19)/t10-/m1/s1. The predicted octanol–water partition coefficient (Wildman–Crippen LogP) is 2.92. The van der Waals surface area contributed by atoms with Gasteiger partial charge in [-0.1, -0.05) is 15.9 Å². The van der Waals surface area contributed by atoms with Crippen LogP contribution in [-0.2, 0) is 4.79 Å². The maximum absolute atomic E-state index is 13.5. The number of benzene rings is 1. The molecule has 110 valence electrons. The molecule has 0 aromatic heterocycles. The Morgan fingerprint density at radius 1 is 1.50 bits per heavy atom. The lowest BCUT2D eigenvalue weighted by Gasteiger charge is -2.15. The van der Waals surface area contributed by atoms with E-state index in [2.05, 4.69) is 26.6 Å². The summed E-state index contributed by atoms with van der Waals surface area (Å²) in [5.41, 5.74) is -0.0142. The molecule has 0 aliphatic heterocycles. The molecule has 0 radical (unpaired) electrons. The van der Waals surface area contributed by atoms with Gasteiger partial charge in [-0.15, -0.1) is 0 Å². The van der Waals surface area contributed by atoms with Crippen molar-refractivity contribution >= 4 is 45.4 Å². The number of thioether (sulfide) groups is 1. The summed E-state index contributed by atoms with van der Waals surface area (Å²) in [4.78, 5) is 22.6. The highest BCUT2D eigenvalue weighted by atomic mass is 79.9. The van der Waals surface area contributed by atoms with Gasteiger partial charge in [-0.2, -0.15) is 11.8 Å². The Morgan fingerprint density at radius 3 is 2.75 bits per heavy atom. The number of hydrogen-bond donors (Lipinski definition) is 3. The third-order valence-electron chi connectivity index (χ3n) is 2.39. The topological polar surface area (TPSA) is 78.4 Å². The van der Waals surface area contributed by atoms with E-state index in [1.165, 1.54) is 23.9 Å². The van der Waals surface area contributed by atoms with Gasteiger partial charge in [-0.05, 0) is 36.6 Å². The number of hydrogen-bond acceptors (Lipinski definition) is 3. The van der Waals surface area contributed by atoms with Crippen LogP contribution in [0.5, 0.6) is 0 Å². The molecular weight excluding hydrogens is 351 g/mol. The van der Waals surface area contributed by atoms with E-state index in [1.807, 2.05) is 6.26 Å². The Labute approximate surface area is 128 Å². The highest BCUT2D eigenvalue weighted by Gasteiger charge is 2.19. The van der Waals surface area contributed by atoms with Gasteiger partial charge in [0.15, 0.2) is 0 Å². The molecule has 0 spiro atoms. The molecule has 0 fully saturated rings. The number of carboxylic acids is 1. The molecule has 5 nitrogen and oxygen atoms in total. The lowest BCUT2D eigenvalue weighted by Crippen LogP contribution is -2.43. The van der Waals surface area contributed by atoms with Crippen molar-refractivity contribution in [3.63, 3.8) is 0 Å². The minimum atomic E-state index is -1.12. The second-order valence-corrected chi connectivity index (χ2v) is 5.80. The van der Waals surface area contributed by atoms with Gasteiger partial charge in [-0.25, -0.2) is 14.0 Å². The smallest absolute Gasteiger partial charge is 0.326 e. The molecule has 20 heavy (non-hydrogen) atoms. The Bertz CT molecular complexity index is 502. The largest absolute Gasteiger partial charge is 0.480 e. The van der Waals surface area contributed by atoms with Gasteiger partial charge in [0.05, 0.1) is 5.69 Å². The first-order valence-corrected chi connectivity index (χ1v) is 7.87. The molecule has 1 atom stereocenters. The van der Waals surface area contributed by atoms with Gasteiger partial charge in [0.2, 0.25) is 0 Å². The number of amides is 2. The number of halogens is 2. The zero-order chi connectivity index (χ0) is 15.1. The lowest BCUT2D eigenvalue weighted by molar-refractivity contribution is -0.139. The van der Waals surface area contributed by atoms with E-state index in [0.29, 0.717) is 16.6 Å². The molecule has 0 saturated carbocycles. The van der Waals surface area contributed by atoms with Crippen LogP contribution in [0.15, 0.2) is 22.7 Å². The van der Waals surface area contributed by atoms with Crippen LogP contribution >= 0.6 is 27.7 Å². The van der Waals surface area contributed by atoms with Crippen molar-refractivity contribution in [2.75, 3.05) is 17.3 Å². The summed E-state index contributed by atoms with van der Waals surface area (Å²) in [5, 5.41) is 13.6. The van der Waals surface area contributed by atoms with Gasteiger partial charge in [-0.3, -0.25) is 0 Å². The predicted molar refractivity (Wildman–Crippen MR) is 80.7 cm³/mol. The normalized spacial score (nSPS) is 11.8. The summed E-state index contributed by atoms with van der Waals surface area (Å²) in [5.74, 6) is -1.12. The van der Waals surface area contributed by atoms with E-state index in [1.54, 1.807) is 6.07 Å². The van der Waals surface area contributed by atoms with Crippen LogP contribution in [0.4, 0.5) is 14.9 Å². The quantitative estimate of drug-likeness (QED) is 0.724. The SMILES string of the molecule is CSCC[C@@H](NC(=O)Nc1ccc(Br)cc1F)C(=O)O. The molecular formula is C12H14BrFN2O3S. The third kappa shape index (κ3) is 5.38. The maximum atomic E-state index is 13.5. The second-order valence-electron chi connectivity index (χ2n) is 3.89. The molecule has 1 aromatic carbocycles. The molecule has 1 aromatic rings. The minimum absolute atomic E-state index is 0.0142. The molecule has 8 heteroatoms. The van der Waals surface area contributed by atoms with Gasteiger partial charge in [0.1, 0.15) is 11.9 Å². The van der Waals surface area contributed by atoms with E-state index in [0.717, 1.165) is 0 Å². The third-order valence-corrected chi connectivity index (χ3v) is 3.53. The fourth-order valence-corrected chi connectivity index (χ4v) is 2.21. The molecule has 0 aliphatic rings. The number of carbonyl (C=O) groups excluding carboxylic acids is 1. The Morgan fingerprint density at radius 2 is 2.20 bits per heavy atom. The summed E-state index contributed by atoms with van der Waals surface area (Å²) >= 11 is 4.58. The van der Waals surface area contributed by atoms with E-state index >= 15 is 0 Å². The number of carbonyl (C=O) groups is 2. The van der Waals surface area contributed by atoms with Crippen LogP contribution in [0.2, 0.25) is 0 Å². The first-order chi connectivity index (χ1) is 9.43. The highest BCUT2D eigenvalue weighted by molar-refractivity contribution is 9.10. The number of aliphatic carboxylic acids is 1. The van der Waals surface area contributed by atoms with Crippen LogP contribution in [0.25, 0.3) is 0 Å². The number of carboxylic acid groups (broad SMARTS) is 1.